The van der Waals surface area contributed by atoms with Crippen molar-refractivity contribution in [3.8, 4) is 11.5 Å². The normalized spacial score (nSPS) is 12.2. The summed E-state index contributed by atoms with van der Waals surface area (Å²) in [6, 6.07) is 9.87. The maximum absolute atomic E-state index is 13.2. The van der Waals surface area contributed by atoms with Crippen molar-refractivity contribution in [1.82, 2.24) is 5.32 Å². The Bertz CT molecular complexity index is 634. The van der Waals surface area contributed by atoms with Crippen LogP contribution in [0.15, 0.2) is 40.9 Å². The Morgan fingerprint density at radius 3 is 2.76 bits per heavy atom. The monoisotopic (exact) mass is 353 g/mol. The summed E-state index contributed by atoms with van der Waals surface area (Å²) in [5.41, 5.74) is 1.84. The van der Waals surface area contributed by atoms with Crippen LogP contribution in [-0.2, 0) is 6.54 Å². The van der Waals surface area contributed by atoms with Crippen LogP contribution >= 0.6 is 15.9 Å². The molecule has 0 amide bonds. The largest absolute Gasteiger partial charge is 0.504 e. The molecule has 0 radical (unpaired) electrons. The molecule has 0 saturated heterocycles. The van der Waals surface area contributed by atoms with E-state index in [1.807, 2.05) is 13.0 Å². The summed E-state index contributed by atoms with van der Waals surface area (Å²) in [4.78, 5) is 0. The number of phenolic OH excluding ortho intramolecular Hbond substituents is 1. The van der Waals surface area contributed by atoms with Crippen LogP contribution in [0.1, 0.15) is 24.1 Å². The third-order valence-electron chi connectivity index (χ3n) is 3.31. The topological polar surface area (TPSA) is 41.5 Å². The number of nitrogens with one attached hydrogen (secondary N) is 1. The summed E-state index contributed by atoms with van der Waals surface area (Å²) >= 11 is 3.41. The third kappa shape index (κ3) is 3.95. The second kappa shape index (κ2) is 6.91. The van der Waals surface area contributed by atoms with Crippen LogP contribution in [0.2, 0.25) is 0 Å². The number of hydrogen-bond acceptors (Lipinski definition) is 3. The lowest BCUT2D eigenvalue weighted by Gasteiger charge is -2.16. The van der Waals surface area contributed by atoms with E-state index < -0.39 is 0 Å². The summed E-state index contributed by atoms with van der Waals surface area (Å²) < 4.78 is 19.2. The molecule has 112 valence electrons. The lowest BCUT2D eigenvalue weighted by molar-refractivity contribution is 0.372. The number of benzene rings is 2. The first kappa shape index (κ1) is 15.8. The van der Waals surface area contributed by atoms with Gasteiger partial charge < -0.3 is 15.2 Å². The smallest absolute Gasteiger partial charge is 0.160 e. The predicted molar refractivity (Wildman–Crippen MR) is 84.0 cm³/mol. The SMILES string of the molecule is COc1cc(C(C)NCc2cc(F)ccc2Br)ccc1O. The van der Waals surface area contributed by atoms with E-state index in [4.69, 9.17) is 4.74 Å². The molecule has 0 heterocycles. The first-order chi connectivity index (χ1) is 10.0. The van der Waals surface area contributed by atoms with Gasteiger partial charge in [0.15, 0.2) is 11.5 Å². The average Bonchev–Trinajstić information content (AvgIpc) is 2.48. The molecule has 0 aromatic heterocycles. The van der Waals surface area contributed by atoms with Gasteiger partial charge in [-0.2, -0.15) is 0 Å². The molecule has 21 heavy (non-hydrogen) atoms. The van der Waals surface area contributed by atoms with Crippen LogP contribution in [0.4, 0.5) is 4.39 Å². The quantitative estimate of drug-likeness (QED) is 0.848. The lowest BCUT2D eigenvalue weighted by Crippen LogP contribution is -2.18. The molecule has 1 unspecified atom stereocenters. The van der Waals surface area contributed by atoms with Gasteiger partial charge in [0.05, 0.1) is 7.11 Å². The van der Waals surface area contributed by atoms with Gasteiger partial charge in [-0.05, 0) is 48.4 Å². The molecule has 0 bridgehead atoms. The second-order valence-electron chi connectivity index (χ2n) is 4.77. The molecule has 0 spiro atoms. The van der Waals surface area contributed by atoms with E-state index >= 15 is 0 Å². The average molecular weight is 354 g/mol. The summed E-state index contributed by atoms with van der Waals surface area (Å²) in [6.45, 7) is 2.53. The van der Waals surface area contributed by atoms with Gasteiger partial charge in [0.25, 0.3) is 0 Å². The Kier molecular flexibility index (Phi) is 5.20. The van der Waals surface area contributed by atoms with Crippen molar-refractivity contribution >= 4 is 15.9 Å². The molecule has 2 aromatic rings. The maximum atomic E-state index is 13.2. The zero-order chi connectivity index (χ0) is 15.4. The van der Waals surface area contributed by atoms with Crippen molar-refractivity contribution in [1.29, 1.82) is 0 Å². The fourth-order valence-corrected chi connectivity index (χ4v) is 2.41. The first-order valence-corrected chi connectivity index (χ1v) is 7.34. The van der Waals surface area contributed by atoms with Crippen LogP contribution < -0.4 is 10.1 Å². The fourth-order valence-electron chi connectivity index (χ4n) is 2.02. The van der Waals surface area contributed by atoms with Crippen molar-refractivity contribution in [2.75, 3.05) is 7.11 Å². The van der Waals surface area contributed by atoms with Crippen LogP contribution in [0.3, 0.4) is 0 Å². The number of rotatable bonds is 5. The molecule has 0 aliphatic carbocycles. The van der Waals surface area contributed by atoms with E-state index in [1.54, 1.807) is 18.2 Å². The summed E-state index contributed by atoms with van der Waals surface area (Å²) in [6.07, 6.45) is 0. The second-order valence-corrected chi connectivity index (χ2v) is 5.62. The van der Waals surface area contributed by atoms with Gasteiger partial charge >= 0.3 is 0 Å². The minimum atomic E-state index is -0.256. The predicted octanol–water partition coefficient (Wildman–Crippen LogP) is 4.15. The van der Waals surface area contributed by atoms with Crippen molar-refractivity contribution in [2.45, 2.75) is 19.5 Å². The highest BCUT2D eigenvalue weighted by atomic mass is 79.9. The molecule has 5 heteroatoms. The highest BCUT2D eigenvalue weighted by Gasteiger charge is 2.10. The number of methoxy groups -OCH3 is 1. The van der Waals surface area contributed by atoms with E-state index in [2.05, 4.69) is 21.2 Å². The van der Waals surface area contributed by atoms with Gasteiger partial charge in [0.1, 0.15) is 5.82 Å². The van der Waals surface area contributed by atoms with Crippen molar-refractivity contribution < 1.29 is 14.2 Å². The Balaban J connectivity index is 2.08. The van der Waals surface area contributed by atoms with Crippen LogP contribution in [0, 0.1) is 5.82 Å². The van der Waals surface area contributed by atoms with E-state index in [9.17, 15) is 9.50 Å². The van der Waals surface area contributed by atoms with Gasteiger partial charge in [-0.25, -0.2) is 4.39 Å². The molecule has 3 nitrogen and oxygen atoms in total. The minimum Gasteiger partial charge on any atom is -0.504 e. The molecular weight excluding hydrogens is 337 g/mol. The molecule has 2 aromatic carbocycles. The zero-order valence-corrected chi connectivity index (χ0v) is 13.4. The van der Waals surface area contributed by atoms with Crippen LogP contribution in [0.5, 0.6) is 11.5 Å². The summed E-state index contributed by atoms with van der Waals surface area (Å²) in [5, 5.41) is 12.9. The number of phenols is 1. The Morgan fingerprint density at radius 2 is 2.05 bits per heavy atom. The maximum Gasteiger partial charge on any atom is 0.160 e. The van der Waals surface area contributed by atoms with Gasteiger partial charge in [-0.15, -0.1) is 0 Å². The molecule has 0 aliphatic rings. The Hall–Kier alpha value is -1.59. The molecule has 2 N–H and O–H groups in total. The number of hydrogen-bond donors (Lipinski definition) is 2. The summed E-state index contributed by atoms with van der Waals surface area (Å²) in [7, 11) is 1.51. The third-order valence-corrected chi connectivity index (χ3v) is 4.08. The number of ether oxygens (including phenoxy) is 1. The van der Waals surface area contributed by atoms with E-state index in [1.165, 1.54) is 19.2 Å². The molecule has 0 saturated carbocycles. The van der Waals surface area contributed by atoms with Crippen LogP contribution in [0.25, 0.3) is 0 Å². The zero-order valence-electron chi connectivity index (χ0n) is 11.9. The molecule has 2 rings (SSSR count). The number of halogens is 2. The molecular formula is C16H17BrFNO2. The standard InChI is InChI=1S/C16H17BrFNO2/c1-10(11-3-6-15(20)16(8-11)21-2)19-9-12-7-13(18)4-5-14(12)17/h3-8,10,19-20H,9H2,1-2H3. The van der Waals surface area contributed by atoms with E-state index in [-0.39, 0.29) is 17.6 Å². The van der Waals surface area contributed by atoms with Gasteiger partial charge in [0, 0.05) is 17.1 Å². The lowest BCUT2D eigenvalue weighted by atomic mass is 10.1. The summed E-state index contributed by atoms with van der Waals surface area (Å²) in [5.74, 6) is 0.295. The number of aromatic hydroxyl groups is 1. The van der Waals surface area contributed by atoms with E-state index in [0.717, 1.165) is 15.6 Å². The fraction of sp³-hybridized carbons (Fsp3) is 0.250. The van der Waals surface area contributed by atoms with Crippen molar-refractivity contribution in [3.05, 3.63) is 57.8 Å². The minimum absolute atomic E-state index is 0.0367. The van der Waals surface area contributed by atoms with Gasteiger partial charge in [-0.1, -0.05) is 22.0 Å². The molecule has 1 atom stereocenters. The van der Waals surface area contributed by atoms with Crippen molar-refractivity contribution in [2.24, 2.45) is 0 Å². The molecule has 0 aliphatic heterocycles. The molecule has 0 fully saturated rings. The first-order valence-electron chi connectivity index (χ1n) is 6.55. The highest BCUT2D eigenvalue weighted by molar-refractivity contribution is 9.10. The van der Waals surface area contributed by atoms with Crippen LogP contribution in [-0.4, -0.2) is 12.2 Å². The Labute approximate surface area is 131 Å². The van der Waals surface area contributed by atoms with Crippen molar-refractivity contribution in [3.63, 3.8) is 0 Å². The van der Waals surface area contributed by atoms with Gasteiger partial charge in [0.2, 0.25) is 0 Å². The van der Waals surface area contributed by atoms with E-state index in [0.29, 0.717) is 12.3 Å². The van der Waals surface area contributed by atoms with Gasteiger partial charge in [-0.3, -0.25) is 0 Å². The highest BCUT2D eigenvalue weighted by Crippen LogP contribution is 2.29. The Morgan fingerprint density at radius 1 is 1.29 bits per heavy atom.